The average molecular weight is 170 g/mol. The SMILES string of the molecule is [O-]c1c[n+](N2CCNCC2)no1. The van der Waals surface area contributed by atoms with Crippen molar-refractivity contribution in [1.82, 2.24) is 10.6 Å². The Balaban J connectivity index is 2.08. The summed E-state index contributed by atoms with van der Waals surface area (Å²) in [6.45, 7) is 3.51. The number of aromatic nitrogens is 2. The second-order valence-corrected chi connectivity index (χ2v) is 2.65. The van der Waals surface area contributed by atoms with E-state index in [9.17, 15) is 5.11 Å². The van der Waals surface area contributed by atoms with Gasteiger partial charge in [-0.1, -0.05) is 0 Å². The van der Waals surface area contributed by atoms with Crippen LogP contribution in [-0.2, 0) is 0 Å². The molecule has 0 bridgehead atoms. The molecular weight excluding hydrogens is 160 g/mol. The molecule has 0 spiro atoms. The summed E-state index contributed by atoms with van der Waals surface area (Å²) in [6.07, 6.45) is 1.34. The van der Waals surface area contributed by atoms with Gasteiger partial charge in [-0.3, -0.25) is 0 Å². The number of rotatable bonds is 1. The van der Waals surface area contributed by atoms with Crippen molar-refractivity contribution < 1.29 is 14.4 Å². The molecular formula is C6H10N4O2. The monoisotopic (exact) mass is 170 g/mol. The van der Waals surface area contributed by atoms with Gasteiger partial charge in [0.1, 0.15) is 5.27 Å². The van der Waals surface area contributed by atoms with Gasteiger partial charge in [-0.05, 0) is 0 Å². The first kappa shape index (κ1) is 7.35. The van der Waals surface area contributed by atoms with Gasteiger partial charge in [0.25, 0.3) is 6.20 Å². The molecule has 12 heavy (non-hydrogen) atoms. The summed E-state index contributed by atoms with van der Waals surface area (Å²) in [5.41, 5.74) is 0. The fourth-order valence-corrected chi connectivity index (χ4v) is 1.21. The van der Waals surface area contributed by atoms with Crippen LogP contribution in [0, 0.1) is 0 Å². The van der Waals surface area contributed by atoms with Crippen molar-refractivity contribution >= 4 is 0 Å². The molecule has 1 aliphatic heterocycles. The lowest BCUT2D eigenvalue weighted by atomic mass is 10.4. The predicted molar refractivity (Wildman–Crippen MR) is 37.0 cm³/mol. The van der Waals surface area contributed by atoms with E-state index in [0.29, 0.717) is 0 Å². The molecule has 0 aliphatic carbocycles. The van der Waals surface area contributed by atoms with Crippen molar-refractivity contribution in [2.45, 2.75) is 0 Å². The van der Waals surface area contributed by atoms with E-state index in [1.165, 1.54) is 11.0 Å². The zero-order valence-corrected chi connectivity index (χ0v) is 6.56. The Morgan fingerprint density at radius 2 is 2.33 bits per heavy atom. The minimum absolute atomic E-state index is 0.409. The molecule has 1 N–H and O–H groups in total. The Labute approximate surface area is 69.3 Å². The first-order valence-corrected chi connectivity index (χ1v) is 3.88. The Hall–Kier alpha value is -1.30. The average Bonchev–Trinajstić information content (AvgIpc) is 2.54. The molecule has 0 amide bonds. The highest BCUT2D eigenvalue weighted by Gasteiger charge is 2.18. The summed E-state index contributed by atoms with van der Waals surface area (Å²) >= 11 is 0. The second kappa shape index (κ2) is 2.98. The van der Waals surface area contributed by atoms with Crippen molar-refractivity contribution in [2.75, 3.05) is 31.2 Å². The molecule has 1 aromatic heterocycles. The van der Waals surface area contributed by atoms with Crippen molar-refractivity contribution in [3.63, 3.8) is 0 Å². The Kier molecular flexibility index (Phi) is 1.83. The van der Waals surface area contributed by atoms with E-state index in [-0.39, 0.29) is 0 Å². The van der Waals surface area contributed by atoms with E-state index in [0.717, 1.165) is 26.2 Å². The minimum atomic E-state index is -0.409. The maximum Gasteiger partial charge on any atom is 0.255 e. The first-order chi connectivity index (χ1) is 5.86. The third kappa shape index (κ3) is 1.33. The number of nitrogens with zero attached hydrogens (tertiary/aromatic N) is 3. The Bertz CT molecular complexity index is 256. The molecule has 66 valence electrons. The summed E-state index contributed by atoms with van der Waals surface area (Å²) in [6, 6.07) is 0. The van der Waals surface area contributed by atoms with Gasteiger partial charge in [0.15, 0.2) is 5.95 Å². The van der Waals surface area contributed by atoms with Crippen LogP contribution in [0.25, 0.3) is 0 Å². The van der Waals surface area contributed by atoms with E-state index < -0.39 is 5.95 Å². The van der Waals surface area contributed by atoms with Crippen LogP contribution in [0.2, 0.25) is 0 Å². The number of hydrogen-bond acceptors (Lipinski definition) is 5. The molecule has 6 heteroatoms. The van der Waals surface area contributed by atoms with Crippen LogP contribution in [0.5, 0.6) is 5.95 Å². The highest BCUT2D eigenvalue weighted by molar-refractivity contribution is 4.83. The van der Waals surface area contributed by atoms with Crippen LogP contribution in [0.1, 0.15) is 0 Å². The number of hydrogen-bond donors (Lipinski definition) is 1. The predicted octanol–water partition coefficient (Wildman–Crippen LogP) is -2.42. The molecule has 0 aromatic carbocycles. The normalized spacial score (nSPS) is 18.2. The van der Waals surface area contributed by atoms with E-state index in [1.807, 2.05) is 5.01 Å². The third-order valence-electron chi connectivity index (χ3n) is 1.82. The molecule has 0 radical (unpaired) electrons. The van der Waals surface area contributed by atoms with Gasteiger partial charge in [-0.2, -0.15) is 5.01 Å². The van der Waals surface area contributed by atoms with Crippen LogP contribution >= 0.6 is 0 Å². The zero-order chi connectivity index (χ0) is 8.39. The largest absolute Gasteiger partial charge is 0.539 e. The molecule has 0 atom stereocenters. The molecule has 1 fully saturated rings. The first-order valence-electron chi connectivity index (χ1n) is 3.88. The van der Waals surface area contributed by atoms with Crippen LogP contribution in [0.4, 0.5) is 0 Å². The summed E-state index contributed by atoms with van der Waals surface area (Å²) in [5, 5.41) is 19.4. The Morgan fingerprint density at radius 1 is 1.58 bits per heavy atom. The van der Waals surface area contributed by atoms with Gasteiger partial charge >= 0.3 is 0 Å². The summed E-state index contributed by atoms with van der Waals surface area (Å²) < 4.78 is 4.41. The maximum atomic E-state index is 10.6. The number of nitrogens with one attached hydrogen (secondary N) is 1. The van der Waals surface area contributed by atoms with Gasteiger partial charge in [-0.25, -0.2) is 0 Å². The third-order valence-corrected chi connectivity index (χ3v) is 1.82. The lowest BCUT2D eigenvalue weighted by Gasteiger charge is -2.19. The van der Waals surface area contributed by atoms with Crippen LogP contribution < -0.4 is 20.2 Å². The molecule has 1 aliphatic rings. The topological polar surface area (TPSA) is 68.2 Å². The van der Waals surface area contributed by atoms with Gasteiger partial charge < -0.3 is 14.9 Å². The summed E-state index contributed by atoms with van der Waals surface area (Å²) in [5.74, 6) is -0.409. The lowest BCUT2D eigenvalue weighted by molar-refractivity contribution is -0.759. The molecule has 1 saturated heterocycles. The summed E-state index contributed by atoms with van der Waals surface area (Å²) in [4.78, 5) is 1.46. The molecule has 1 aromatic rings. The van der Waals surface area contributed by atoms with Gasteiger partial charge in [0.05, 0.1) is 13.1 Å². The van der Waals surface area contributed by atoms with E-state index >= 15 is 0 Å². The lowest BCUT2D eigenvalue weighted by Crippen LogP contribution is -2.64. The van der Waals surface area contributed by atoms with Gasteiger partial charge in [-0.15, -0.1) is 0 Å². The molecule has 0 saturated carbocycles. The van der Waals surface area contributed by atoms with E-state index in [4.69, 9.17) is 0 Å². The van der Waals surface area contributed by atoms with Crippen molar-refractivity contribution in [1.29, 1.82) is 0 Å². The quantitative estimate of drug-likeness (QED) is 0.475. The molecule has 0 unspecified atom stereocenters. The fourth-order valence-electron chi connectivity index (χ4n) is 1.21. The zero-order valence-electron chi connectivity index (χ0n) is 6.56. The van der Waals surface area contributed by atoms with Gasteiger partial charge in [0.2, 0.25) is 0 Å². The fraction of sp³-hybridized carbons (Fsp3) is 0.667. The molecule has 2 heterocycles. The van der Waals surface area contributed by atoms with Crippen molar-refractivity contribution in [3.8, 4) is 5.95 Å². The number of piperazine rings is 1. The van der Waals surface area contributed by atoms with Gasteiger partial charge in [0, 0.05) is 17.9 Å². The van der Waals surface area contributed by atoms with Crippen LogP contribution in [0.3, 0.4) is 0 Å². The standard InChI is InChI=1S/C6H10N4O2/c11-6-5-10(8-12-6)9-3-1-7-2-4-9/h5,7H,1-4H2. The highest BCUT2D eigenvalue weighted by Crippen LogP contribution is 1.93. The molecule has 2 rings (SSSR count). The highest BCUT2D eigenvalue weighted by atomic mass is 16.6. The van der Waals surface area contributed by atoms with Crippen LogP contribution in [0.15, 0.2) is 10.7 Å². The van der Waals surface area contributed by atoms with Crippen molar-refractivity contribution in [3.05, 3.63) is 6.20 Å². The minimum Gasteiger partial charge on any atom is -0.539 e. The molecule has 6 nitrogen and oxygen atoms in total. The van der Waals surface area contributed by atoms with E-state index in [1.54, 1.807) is 0 Å². The maximum absolute atomic E-state index is 10.6. The van der Waals surface area contributed by atoms with Crippen LogP contribution in [-0.4, -0.2) is 31.5 Å². The summed E-state index contributed by atoms with van der Waals surface area (Å²) in [7, 11) is 0. The smallest absolute Gasteiger partial charge is 0.255 e. The Morgan fingerprint density at radius 3 is 2.92 bits per heavy atom. The second-order valence-electron chi connectivity index (χ2n) is 2.65. The van der Waals surface area contributed by atoms with Crippen molar-refractivity contribution in [2.24, 2.45) is 0 Å². The van der Waals surface area contributed by atoms with E-state index in [2.05, 4.69) is 15.1 Å².